The van der Waals surface area contributed by atoms with Gasteiger partial charge in [0, 0.05) is 30.5 Å². The molecule has 4 rings (SSSR count). The van der Waals surface area contributed by atoms with Crippen molar-refractivity contribution in [1.82, 2.24) is 14.5 Å². The van der Waals surface area contributed by atoms with E-state index in [0.29, 0.717) is 6.42 Å². The van der Waals surface area contributed by atoms with Gasteiger partial charge in [0.1, 0.15) is 6.04 Å². The lowest BCUT2D eigenvalue weighted by atomic mass is 9.94. The molecule has 0 aliphatic heterocycles. The molecule has 7 nitrogen and oxygen atoms in total. The number of amides is 2. The van der Waals surface area contributed by atoms with Crippen molar-refractivity contribution in [2.24, 2.45) is 0 Å². The first-order valence-electron chi connectivity index (χ1n) is 14.0. The van der Waals surface area contributed by atoms with E-state index in [1.807, 2.05) is 61.5 Å². The van der Waals surface area contributed by atoms with Gasteiger partial charge >= 0.3 is 0 Å². The van der Waals surface area contributed by atoms with Gasteiger partial charge in [-0.2, -0.15) is 4.31 Å². The number of sulfonamides is 1. The Hall–Kier alpha value is -3.01. The van der Waals surface area contributed by atoms with E-state index in [0.717, 1.165) is 57.6 Å². The minimum Gasteiger partial charge on any atom is -0.352 e. The SMILES string of the molecule is Cc1ccc(S(=O)(=O)N(C)CC(=O)N(Cc2cccc(Br)c2)[C@@H](Cc2ccccc2)C(=O)NC2CCCCC2)cc1. The zero-order valence-electron chi connectivity index (χ0n) is 23.6. The number of hydrogen-bond donors (Lipinski definition) is 1. The standard InChI is InChI=1S/C32H38BrN3O4S/c1-24-16-18-29(19-17-24)41(39,40)35(2)23-31(37)36(22-26-12-9-13-27(33)20-26)30(21-25-10-5-3-6-11-25)32(38)34-28-14-7-4-8-15-28/h3,5-6,9-13,16-20,28,30H,4,7-8,14-15,21-23H2,1-2H3,(H,34,38)/t30-/m0/s1. The van der Waals surface area contributed by atoms with Crippen LogP contribution in [0.1, 0.15) is 48.8 Å². The van der Waals surface area contributed by atoms with Crippen LogP contribution in [-0.4, -0.2) is 55.1 Å². The van der Waals surface area contributed by atoms with Crippen LogP contribution >= 0.6 is 15.9 Å². The van der Waals surface area contributed by atoms with Gasteiger partial charge in [-0.05, 0) is 55.2 Å². The highest BCUT2D eigenvalue weighted by atomic mass is 79.9. The van der Waals surface area contributed by atoms with Crippen LogP contribution in [0.2, 0.25) is 0 Å². The summed E-state index contributed by atoms with van der Waals surface area (Å²) < 4.78 is 28.6. The Morgan fingerprint density at radius 1 is 0.927 bits per heavy atom. The normalized spacial score (nSPS) is 14.9. The average Bonchev–Trinajstić information content (AvgIpc) is 2.96. The van der Waals surface area contributed by atoms with Crippen LogP contribution in [0, 0.1) is 6.92 Å². The molecule has 1 aliphatic carbocycles. The maximum atomic E-state index is 14.0. The van der Waals surface area contributed by atoms with E-state index in [4.69, 9.17) is 0 Å². The second-order valence-electron chi connectivity index (χ2n) is 10.8. The number of nitrogens with zero attached hydrogens (tertiary/aromatic N) is 2. The topological polar surface area (TPSA) is 86.8 Å². The van der Waals surface area contributed by atoms with Crippen molar-refractivity contribution in [2.75, 3.05) is 13.6 Å². The summed E-state index contributed by atoms with van der Waals surface area (Å²) in [7, 11) is -2.51. The summed E-state index contributed by atoms with van der Waals surface area (Å²) in [5.74, 6) is -0.656. The molecule has 1 atom stereocenters. The second kappa shape index (κ2) is 14.2. The Morgan fingerprint density at radius 3 is 2.24 bits per heavy atom. The smallest absolute Gasteiger partial charge is 0.243 e. The molecule has 9 heteroatoms. The van der Waals surface area contributed by atoms with Crippen LogP contribution < -0.4 is 5.32 Å². The van der Waals surface area contributed by atoms with Crippen molar-refractivity contribution in [3.8, 4) is 0 Å². The number of likely N-dealkylation sites (N-methyl/N-ethyl adjacent to an activating group) is 1. The highest BCUT2D eigenvalue weighted by Gasteiger charge is 2.34. The van der Waals surface area contributed by atoms with Crippen molar-refractivity contribution in [3.63, 3.8) is 0 Å². The summed E-state index contributed by atoms with van der Waals surface area (Å²) in [4.78, 5) is 29.6. The maximum Gasteiger partial charge on any atom is 0.243 e. The van der Waals surface area contributed by atoms with Crippen molar-refractivity contribution < 1.29 is 18.0 Å². The molecule has 218 valence electrons. The lowest BCUT2D eigenvalue weighted by molar-refractivity contribution is -0.141. The summed E-state index contributed by atoms with van der Waals surface area (Å²) in [5.41, 5.74) is 2.69. The number of rotatable bonds is 11. The molecule has 41 heavy (non-hydrogen) atoms. The molecule has 0 aromatic heterocycles. The Labute approximate surface area is 252 Å². The summed E-state index contributed by atoms with van der Waals surface area (Å²) in [6.07, 6.45) is 5.44. The predicted octanol–water partition coefficient (Wildman–Crippen LogP) is 5.47. The molecule has 2 amide bonds. The van der Waals surface area contributed by atoms with Crippen LogP contribution in [0.25, 0.3) is 0 Å². The monoisotopic (exact) mass is 639 g/mol. The largest absolute Gasteiger partial charge is 0.352 e. The molecule has 0 spiro atoms. The van der Waals surface area contributed by atoms with E-state index in [9.17, 15) is 18.0 Å². The van der Waals surface area contributed by atoms with Crippen LogP contribution in [0.15, 0.2) is 88.2 Å². The molecule has 0 saturated heterocycles. The fourth-order valence-corrected chi connectivity index (χ4v) is 6.75. The zero-order valence-corrected chi connectivity index (χ0v) is 26.0. The lowest BCUT2D eigenvalue weighted by Gasteiger charge is -2.34. The molecule has 1 aliphatic rings. The van der Waals surface area contributed by atoms with Crippen molar-refractivity contribution >= 4 is 37.8 Å². The molecule has 0 bridgehead atoms. The van der Waals surface area contributed by atoms with E-state index in [-0.39, 0.29) is 23.4 Å². The van der Waals surface area contributed by atoms with Gasteiger partial charge in [-0.3, -0.25) is 9.59 Å². The minimum absolute atomic E-state index is 0.0712. The number of nitrogens with one attached hydrogen (secondary N) is 1. The molecule has 0 unspecified atom stereocenters. The highest BCUT2D eigenvalue weighted by molar-refractivity contribution is 9.10. The van der Waals surface area contributed by atoms with Gasteiger partial charge < -0.3 is 10.2 Å². The Bertz CT molecular complexity index is 1420. The molecule has 1 N–H and O–H groups in total. The molecule has 3 aromatic rings. The van der Waals surface area contributed by atoms with E-state index in [1.165, 1.54) is 11.9 Å². The molecular formula is C32H38BrN3O4S. The molecule has 0 heterocycles. The first-order chi connectivity index (χ1) is 19.6. The van der Waals surface area contributed by atoms with Crippen LogP contribution in [0.3, 0.4) is 0 Å². The van der Waals surface area contributed by atoms with E-state index >= 15 is 0 Å². The van der Waals surface area contributed by atoms with Gasteiger partial charge in [0.25, 0.3) is 0 Å². The summed E-state index contributed by atoms with van der Waals surface area (Å²) >= 11 is 3.50. The quantitative estimate of drug-likeness (QED) is 0.302. The van der Waals surface area contributed by atoms with Crippen molar-refractivity contribution in [2.45, 2.75) is 69.0 Å². The van der Waals surface area contributed by atoms with E-state index in [2.05, 4.69) is 21.2 Å². The fraction of sp³-hybridized carbons (Fsp3) is 0.375. The Balaban J connectivity index is 1.66. The van der Waals surface area contributed by atoms with Crippen LogP contribution in [0.5, 0.6) is 0 Å². The average molecular weight is 641 g/mol. The van der Waals surface area contributed by atoms with E-state index < -0.39 is 28.5 Å². The fourth-order valence-electron chi connectivity index (χ4n) is 5.19. The third-order valence-electron chi connectivity index (χ3n) is 7.55. The van der Waals surface area contributed by atoms with Gasteiger partial charge in [0.05, 0.1) is 11.4 Å². The third kappa shape index (κ3) is 8.50. The predicted molar refractivity (Wildman–Crippen MR) is 165 cm³/mol. The molecule has 0 radical (unpaired) electrons. The summed E-state index contributed by atoms with van der Waals surface area (Å²) in [5, 5.41) is 3.21. The van der Waals surface area contributed by atoms with Crippen LogP contribution in [0.4, 0.5) is 0 Å². The molecular weight excluding hydrogens is 602 g/mol. The Kier molecular flexibility index (Phi) is 10.8. The molecule has 1 saturated carbocycles. The number of hydrogen-bond acceptors (Lipinski definition) is 4. The zero-order chi connectivity index (χ0) is 29.4. The third-order valence-corrected chi connectivity index (χ3v) is 9.86. The maximum absolute atomic E-state index is 14.0. The van der Waals surface area contributed by atoms with Crippen molar-refractivity contribution in [3.05, 3.63) is 100 Å². The summed E-state index contributed by atoms with van der Waals surface area (Å²) in [6, 6.07) is 23.0. The second-order valence-corrected chi connectivity index (χ2v) is 13.7. The number of carbonyl (C=O) groups excluding carboxylic acids is 2. The minimum atomic E-state index is -3.91. The van der Waals surface area contributed by atoms with Gasteiger partial charge in [-0.1, -0.05) is 95.4 Å². The molecule has 3 aromatic carbocycles. The lowest BCUT2D eigenvalue weighted by Crippen LogP contribution is -2.54. The van der Waals surface area contributed by atoms with Gasteiger partial charge in [0.15, 0.2) is 0 Å². The number of carbonyl (C=O) groups is 2. The highest BCUT2D eigenvalue weighted by Crippen LogP contribution is 2.22. The number of benzene rings is 3. The van der Waals surface area contributed by atoms with Gasteiger partial charge in [-0.15, -0.1) is 0 Å². The summed E-state index contributed by atoms with van der Waals surface area (Å²) in [6.45, 7) is 1.65. The Morgan fingerprint density at radius 2 is 1.59 bits per heavy atom. The first-order valence-corrected chi connectivity index (χ1v) is 16.3. The van der Waals surface area contributed by atoms with Crippen molar-refractivity contribution in [1.29, 1.82) is 0 Å². The van der Waals surface area contributed by atoms with E-state index in [1.54, 1.807) is 24.3 Å². The number of halogens is 1. The molecule has 1 fully saturated rings. The number of aryl methyl sites for hydroxylation is 1. The first kappa shape index (κ1) is 30.9. The van der Waals surface area contributed by atoms with Crippen LogP contribution in [-0.2, 0) is 32.6 Å². The van der Waals surface area contributed by atoms with Gasteiger partial charge in [-0.25, -0.2) is 8.42 Å². The van der Waals surface area contributed by atoms with Gasteiger partial charge in [0.2, 0.25) is 21.8 Å².